The van der Waals surface area contributed by atoms with E-state index >= 15 is 0 Å². The van der Waals surface area contributed by atoms with Crippen LogP contribution in [0.25, 0.3) is 0 Å². The smallest absolute Gasteiger partial charge is 0.433 e. The largest absolute Gasteiger partial charge is 0.448 e. The van der Waals surface area contributed by atoms with E-state index in [2.05, 4.69) is 9.89 Å². The van der Waals surface area contributed by atoms with Gasteiger partial charge in [0.15, 0.2) is 0 Å². The Morgan fingerprint density at radius 1 is 1.40 bits per heavy atom. The third kappa shape index (κ3) is 5.52. The molecule has 1 rings (SSSR count). The molecule has 0 bridgehead atoms. The molecule has 0 aromatic rings. The number of hydrogen-bond acceptors (Lipinski definition) is 3. The molecule has 0 aromatic carbocycles. The summed E-state index contributed by atoms with van der Waals surface area (Å²) < 4.78 is 4.91. The first kappa shape index (κ1) is 12.2. The van der Waals surface area contributed by atoms with Crippen LogP contribution in [0.5, 0.6) is 0 Å². The van der Waals surface area contributed by atoms with E-state index in [0.29, 0.717) is 6.61 Å². The zero-order valence-corrected chi connectivity index (χ0v) is 9.45. The maximum absolute atomic E-state index is 10.9. The van der Waals surface area contributed by atoms with Crippen LogP contribution in [0, 0.1) is 0 Å². The number of rotatable bonds is 4. The van der Waals surface area contributed by atoms with Gasteiger partial charge >= 0.3 is 6.09 Å². The highest BCUT2D eigenvalue weighted by atomic mass is 16.5. The Hall–Kier alpha value is -0.900. The summed E-state index contributed by atoms with van der Waals surface area (Å²) in [6.07, 6.45) is 5.85. The van der Waals surface area contributed by atoms with Crippen LogP contribution in [0.1, 0.15) is 32.6 Å². The molecule has 86 valence electrons. The Morgan fingerprint density at radius 2 is 2.13 bits per heavy atom. The lowest BCUT2D eigenvalue weighted by Crippen LogP contribution is -2.31. The Balaban J connectivity index is 1.98. The van der Waals surface area contributed by atoms with Crippen molar-refractivity contribution in [3.05, 3.63) is 0 Å². The molecule has 1 heterocycles. The van der Waals surface area contributed by atoms with Crippen molar-refractivity contribution < 1.29 is 9.53 Å². The second-order valence-corrected chi connectivity index (χ2v) is 3.76. The van der Waals surface area contributed by atoms with Gasteiger partial charge in [0, 0.05) is 12.8 Å². The first-order chi connectivity index (χ1) is 7.33. The minimum Gasteiger partial charge on any atom is -0.448 e. The maximum Gasteiger partial charge on any atom is 0.433 e. The number of likely N-dealkylation sites (tertiary alicyclic amines) is 1. The van der Waals surface area contributed by atoms with Crippen molar-refractivity contribution in [2.75, 3.05) is 26.2 Å². The Labute approximate surface area is 91.3 Å². The predicted molar refractivity (Wildman–Crippen MR) is 60.4 cm³/mol. The van der Waals surface area contributed by atoms with E-state index < -0.39 is 6.09 Å². The van der Waals surface area contributed by atoms with Gasteiger partial charge in [-0.3, -0.25) is 0 Å². The highest BCUT2D eigenvalue weighted by molar-refractivity contribution is 5.78. The molecule has 0 saturated carbocycles. The molecule has 4 heteroatoms. The average Bonchev–Trinajstić information content (AvgIpc) is 2.26. The third-order valence-corrected chi connectivity index (χ3v) is 2.53. The van der Waals surface area contributed by atoms with Crippen molar-refractivity contribution in [2.45, 2.75) is 32.6 Å². The molecule has 1 fully saturated rings. The van der Waals surface area contributed by atoms with Gasteiger partial charge in [0.1, 0.15) is 0 Å². The fourth-order valence-electron chi connectivity index (χ4n) is 1.77. The standard InChI is InChI=1S/C11H20N2O2/c1-2-12-11(14)15-10-6-9-13-7-4-3-5-8-13/h2H,3-10H2,1H3. The third-order valence-electron chi connectivity index (χ3n) is 2.53. The first-order valence-electron chi connectivity index (χ1n) is 5.70. The van der Waals surface area contributed by atoms with Crippen molar-refractivity contribution >= 4 is 12.3 Å². The van der Waals surface area contributed by atoms with E-state index in [0.717, 1.165) is 13.0 Å². The van der Waals surface area contributed by atoms with E-state index in [1.165, 1.54) is 38.6 Å². The van der Waals surface area contributed by atoms with Gasteiger partial charge in [-0.25, -0.2) is 4.79 Å². The lowest BCUT2D eigenvalue weighted by atomic mass is 10.1. The monoisotopic (exact) mass is 212 g/mol. The minimum absolute atomic E-state index is 0.476. The number of ether oxygens (including phenoxy) is 1. The van der Waals surface area contributed by atoms with Gasteiger partial charge in [-0.15, -0.1) is 0 Å². The molecule has 0 unspecified atom stereocenters. The summed E-state index contributed by atoms with van der Waals surface area (Å²) in [6.45, 7) is 5.60. The van der Waals surface area contributed by atoms with Crippen LogP contribution in [0.15, 0.2) is 4.99 Å². The number of carbonyl (C=O) groups is 1. The number of piperidine rings is 1. The number of hydrogen-bond donors (Lipinski definition) is 0. The maximum atomic E-state index is 10.9. The minimum atomic E-state index is -0.476. The zero-order chi connectivity index (χ0) is 10.9. The van der Waals surface area contributed by atoms with Gasteiger partial charge in [0.2, 0.25) is 0 Å². The van der Waals surface area contributed by atoms with Crippen molar-refractivity contribution in [1.29, 1.82) is 0 Å². The summed E-state index contributed by atoms with van der Waals surface area (Å²) in [7, 11) is 0. The van der Waals surface area contributed by atoms with Crippen molar-refractivity contribution in [3.8, 4) is 0 Å². The molecule has 0 aliphatic carbocycles. The molecule has 1 amide bonds. The molecule has 0 spiro atoms. The molecule has 15 heavy (non-hydrogen) atoms. The average molecular weight is 212 g/mol. The van der Waals surface area contributed by atoms with E-state index in [4.69, 9.17) is 4.74 Å². The van der Waals surface area contributed by atoms with Gasteiger partial charge in [-0.05, 0) is 39.3 Å². The molecule has 4 nitrogen and oxygen atoms in total. The van der Waals surface area contributed by atoms with Crippen LogP contribution in [0.4, 0.5) is 4.79 Å². The van der Waals surface area contributed by atoms with Gasteiger partial charge < -0.3 is 9.64 Å². The summed E-state index contributed by atoms with van der Waals surface area (Å²) in [4.78, 5) is 16.8. The lowest BCUT2D eigenvalue weighted by molar-refractivity contribution is 0.144. The second-order valence-electron chi connectivity index (χ2n) is 3.76. The van der Waals surface area contributed by atoms with Crippen molar-refractivity contribution in [3.63, 3.8) is 0 Å². The number of amides is 1. The predicted octanol–water partition coefficient (Wildman–Crippen LogP) is 2.09. The fraction of sp³-hybridized carbons (Fsp3) is 0.818. The summed E-state index contributed by atoms with van der Waals surface area (Å²) in [5, 5.41) is 0. The second kappa shape index (κ2) is 7.40. The van der Waals surface area contributed by atoms with Crippen LogP contribution >= 0.6 is 0 Å². The van der Waals surface area contributed by atoms with Gasteiger partial charge in [-0.2, -0.15) is 4.99 Å². The van der Waals surface area contributed by atoms with E-state index in [-0.39, 0.29) is 0 Å². The molecule has 0 N–H and O–H groups in total. The highest BCUT2D eigenvalue weighted by Gasteiger charge is 2.09. The lowest BCUT2D eigenvalue weighted by Gasteiger charge is -2.25. The number of nitrogens with zero attached hydrogens (tertiary/aromatic N) is 2. The van der Waals surface area contributed by atoms with Crippen LogP contribution < -0.4 is 0 Å². The topological polar surface area (TPSA) is 41.9 Å². The van der Waals surface area contributed by atoms with Crippen LogP contribution in [0.3, 0.4) is 0 Å². The summed E-state index contributed by atoms with van der Waals surface area (Å²) in [5.41, 5.74) is 0. The molecular formula is C11H20N2O2. The van der Waals surface area contributed by atoms with Crippen LogP contribution in [-0.2, 0) is 4.74 Å². The van der Waals surface area contributed by atoms with E-state index in [9.17, 15) is 4.79 Å². The molecule has 1 aliphatic rings. The summed E-state index contributed by atoms with van der Waals surface area (Å²) >= 11 is 0. The molecule has 0 aromatic heterocycles. The normalized spacial score (nSPS) is 18.2. The highest BCUT2D eigenvalue weighted by Crippen LogP contribution is 2.08. The molecule has 0 atom stereocenters. The zero-order valence-electron chi connectivity index (χ0n) is 9.45. The van der Waals surface area contributed by atoms with Crippen molar-refractivity contribution in [2.24, 2.45) is 4.99 Å². The number of aliphatic imine (C=N–C) groups is 1. The van der Waals surface area contributed by atoms with Crippen molar-refractivity contribution in [1.82, 2.24) is 4.90 Å². The Morgan fingerprint density at radius 3 is 2.80 bits per heavy atom. The van der Waals surface area contributed by atoms with Gasteiger partial charge in [-0.1, -0.05) is 6.42 Å². The molecule has 1 saturated heterocycles. The molecular weight excluding hydrogens is 192 g/mol. The summed E-state index contributed by atoms with van der Waals surface area (Å²) in [6, 6.07) is 0. The fourth-order valence-corrected chi connectivity index (χ4v) is 1.77. The van der Waals surface area contributed by atoms with E-state index in [1.54, 1.807) is 6.92 Å². The van der Waals surface area contributed by atoms with E-state index in [1.807, 2.05) is 0 Å². The quantitative estimate of drug-likeness (QED) is 0.529. The van der Waals surface area contributed by atoms with Crippen LogP contribution in [0.2, 0.25) is 0 Å². The Bertz CT molecular complexity index is 211. The first-order valence-corrected chi connectivity index (χ1v) is 5.70. The molecule has 1 aliphatic heterocycles. The SMILES string of the molecule is CC=NC(=O)OCCCN1CCCCC1. The van der Waals surface area contributed by atoms with Gasteiger partial charge in [0.05, 0.1) is 6.61 Å². The van der Waals surface area contributed by atoms with Gasteiger partial charge in [0.25, 0.3) is 0 Å². The van der Waals surface area contributed by atoms with Crippen LogP contribution in [-0.4, -0.2) is 43.4 Å². The Kier molecular flexibility index (Phi) is 6.00. The summed E-state index contributed by atoms with van der Waals surface area (Å²) in [5.74, 6) is 0. The molecule has 0 radical (unpaired) electrons. The number of carbonyl (C=O) groups excluding carboxylic acids is 1.